The van der Waals surface area contributed by atoms with Crippen molar-refractivity contribution >= 4 is 11.7 Å². The second-order valence-electron chi connectivity index (χ2n) is 6.20. The van der Waals surface area contributed by atoms with Crippen LogP contribution in [0.3, 0.4) is 0 Å². The molecule has 27 heavy (non-hydrogen) atoms. The number of carbonyl (C=O) groups excluding carboxylic acids is 1. The van der Waals surface area contributed by atoms with Gasteiger partial charge in [-0.25, -0.2) is 14.4 Å². The van der Waals surface area contributed by atoms with Gasteiger partial charge in [0.05, 0.1) is 0 Å². The number of anilines is 1. The number of hydrogen-bond donors (Lipinski definition) is 1. The van der Waals surface area contributed by atoms with E-state index in [1.807, 2.05) is 36.4 Å². The maximum absolute atomic E-state index is 13.6. The molecule has 138 valence electrons. The van der Waals surface area contributed by atoms with Gasteiger partial charge in [0.2, 0.25) is 0 Å². The van der Waals surface area contributed by atoms with Crippen molar-refractivity contribution in [1.29, 1.82) is 0 Å². The van der Waals surface area contributed by atoms with Crippen LogP contribution in [0.15, 0.2) is 67.0 Å². The second-order valence-corrected chi connectivity index (χ2v) is 6.20. The number of benzene rings is 2. The molecule has 0 radical (unpaired) electrons. The molecule has 0 spiro atoms. The molecule has 0 aliphatic carbocycles. The zero-order chi connectivity index (χ0) is 19.1. The molecule has 0 aliphatic rings. The highest BCUT2D eigenvalue weighted by Gasteiger charge is 2.14. The molecule has 0 fully saturated rings. The van der Waals surface area contributed by atoms with Crippen LogP contribution >= 0.6 is 0 Å². The van der Waals surface area contributed by atoms with Crippen LogP contribution in [0.2, 0.25) is 0 Å². The quantitative estimate of drug-likeness (QED) is 0.697. The lowest BCUT2D eigenvalue weighted by molar-refractivity contribution is 0.0779. The van der Waals surface area contributed by atoms with Crippen LogP contribution in [0.1, 0.15) is 21.6 Å². The highest BCUT2D eigenvalue weighted by Crippen LogP contribution is 2.11. The Morgan fingerprint density at radius 2 is 1.81 bits per heavy atom. The minimum atomic E-state index is -0.222. The summed E-state index contributed by atoms with van der Waals surface area (Å²) in [5.74, 6) is 0.136. The molecule has 0 atom stereocenters. The Bertz CT molecular complexity index is 901. The van der Waals surface area contributed by atoms with E-state index in [1.165, 1.54) is 12.4 Å². The average molecular weight is 364 g/mol. The zero-order valence-electron chi connectivity index (χ0n) is 15.1. The van der Waals surface area contributed by atoms with E-state index in [4.69, 9.17) is 0 Å². The predicted octanol–water partition coefficient (Wildman–Crippen LogP) is 3.54. The Balaban J connectivity index is 1.59. The van der Waals surface area contributed by atoms with Gasteiger partial charge in [-0.2, -0.15) is 0 Å². The molecule has 1 heterocycles. The third kappa shape index (κ3) is 5.10. The lowest BCUT2D eigenvalue weighted by Gasteiger charge is -2.17. The van der Waals surface area contributed by atoms with Crippen LogP contribution in [0.5, 0.6) is 0 Å². The lowest BCUT2D eigenvalue weighted by Crippen LogP contribution is -2.27. The molecule has 0 unspecified atom stereocenters. The molecular formula is C21H21FN4O. The van der Waals surface area contributed by atoms with E-state index in [-0.39, 0.29) is 11.7 Å². The van der Waals surface area contributed by atoms with Crippen LogP contribution < -0.4 is 5.32 Å². The smallest absolute Gasteiger partial charge is 0.272 e. The number of nitrogens with one attached hydrogen (secondary N) is 1. The van der Waals surface area contributed by atoms with Gasteiger partial charge in [0.1, 0.15) is 23.7 Å². The molecular weight excluding hydrogens is 343 g/mol. The molecule has 6 heteroatoms. The van der Waals surface area contributed by atoms with Gasteiger partial charge in [0.25, 0.3) is 5.91 Å². The van der Waals surface area contributed by atoms with Gasteiger partial charge in [-0.3, -0.25) is 4.79 Å². The van der Waals surface area contributed by atoms with Gasteiger partial charge in [-0.05, 0) is 23.6 Å². The Hall–Kier alpha value is -3.28. The Kier molecular flexibility index (Phi) is 6.10. The summed E-state index contributed by atoms with van der Waals surface area (Å²) in [7, 11) is 1.74. The topological polar surface area (TPSA) is 58.1 Å². The number of amides is 1. The van der Waals surface area contributed by atoms with Crippen molar-refractivity contribution in [3.05, 3.63) is 89.6 Å². The first-order chi connectivity index (χ1) is 13.1. The Morgan fingerprint density at radius 1 is 1.07 bits per heavy atom. The van der Waals surface area contributed by atoms with Gasteiger partial charge in [0, 0.05) is 26.2 Å². The first kappa shape index (κ1) is 18.5. The molecule has 5 nitrogen and oxygen atoms in total. The summed E-state index contributed by atoms with van der Waals surface area (Å²) in [5.41, 5.74) is 2.00. The van der Waals surface area contributed by atoms with Crippen LogP contribution in [0.25, 0.3) is 0 Å². The Morgan fingerprint density at radius 3 is 2.59 bits per heavy atom. The first-order valence-electron chi connectivity index (χ1n) is 8.72. The summed E-state index contributed by atoms with van der Waals surface area (Å²) < 4.78 is 13.6. The molecule has 0 bridgehead atoms. The summed E-state index contributed by atoms with van der Waals surface area (Å²) in [5, 5.41) is 3.12. The number of nitrogens with zero attached hydrogens (tertiary/aromatic N) is 3. The lowest BCUT2D eigenvalue weighted by atomic mass is 10.1. The summed E-state index contributed by atoms with van der Waals surface area (Å²) in [6, 6.07) is 18.1. The first-order valence-corrected chi connectivity index (χ1v) is 8.72. The van der Waals surface area contributed by atoms with E-state index in [9.17, 15) is 9.18 Å². The normalized spacial score (nSPS) is 10.4. The fourth-order valence-electron chi connectivity index (χ4n) is 2.72. The van der Waals surface area contributed by atoms with Crippen LogP contribution in [-0.2, 0) is 13.0 Å². The molecule has 1 amide bonds. The molecule has 3 rings (SSSR count). The summed E-state index contributed by atoms with van der Waals surface area (Å²) >= 11 is 0. The van der Waals surface area contributed by atoms with Gasteiger partial charge in [0.15, 0.2) is 0 Å². The monoisotopic (exact) mass is 364 g/mol. The summed E-state index contributed by atoms with van der Waals surface area (Å²) in [6.07, 6.45) is 1.88. The number of halogens is 1. The van der Waals surface area contributed by atoms with Crippen molar-refractivity contribution in [1.82, 2.24) is 14.9 Å². The number of rotatable bonds is 7. The van der Waals surface area contributed by atoms with Gasteiger partial charge >= 0.3 is 0 Å². The zero-order valence-corrected chi connectivity index (χ0v) is 15.1. The second kappa shape index (κ2) is 8.89. The summed E-state index contributed by atoms with van der Waals surface area (Å²) in [4.78, 5) is 22.4. The van der Waals surface area contributed by atoms with Crippen molar-refractivity contribution in [2.45, 2.75) is 13.0 Å². The minimum Gasteiger partial charge on any atom is -0.370 e. The molecule has 1 aromatic heterocycles. The van der Waals surface area contributed by atoms with Crippen molar-refractivity contribution in [3.63, 3.8) is 0 Å². The van der Waals surface area contributed by atoms with E-state index < -0.39 is 0 Å². The van der Waals surface area contributed by atoms with Crippen LogP contribution in [0.4, 0.5) is 10.2 Å². The SMILES string of the molecule is CN(Cc1ccccc1)C(=O)c1cc(NCCc2ccccc2F)ncn1. The standard InChI is InChI=1S/C21H21FN4O/c1-26(14-16-7-3-2-4-8-16)21(27)19-13-20(25-15-24-19)23-12-11-17-9-5-6-10-18(17)22/h2-10,13,15H,11-12,14H2,1H3,(H,23,24,25). The fraction of sp³-hybridized carbons (Fsp3) is 0.190. The van der Waals surface area contributed by atoms with Crippen molar-refractivity contribution in [3.8, 4) is 0 Å². The van der Waals surface area contributed by atoms with Crippen LogP contribution in [0, 0.1) is 5.82 Å². The number of hydrogen-bond acceptors (Lipinski definition) is 4. The largest absolute Gasteiger partial charge is 0.370 e. The fourth-order valence-corrected chi connectivity index (χ4v) is 2.72. The van der Waals surface area contributed by atoms with Gasteiger partial charge < -0.3 is 10.2 Å². The molecule has 2 aromatic carbocycles. The van der Waals surface area contributed by atoms with Crippen molar-refractivity contribution in [2.75, 3.05) is 18.9 Å². The van der Waals surface area contributed by atoms with Crippen molar-refractivity contribution in [2.24, 2.45) is 0 Å². The van der Waals surface area contributed by atoms with E-state index in [0.717, 1.165) is 5.56 Å². The van der Waals surface area contributed by atoms with Crippen molar-refractivity contribution < 1.29 is 9.18 Å². The molecule has 3 aromatic rings. The molecule has 0 aliphatic heterocycles. The number of aromatic nitrogens is 2. The third-order valence-corrected chi connectivity index (χ3v) is 4.15. The van der Waals surface area contributed by atoms with Gasteiger partial charge in [-0.1, -0.05) is 48.5 Å². The summed E-state index contributed by atoms with van der Waals surface area (Å²) in [6.45, 7) is 1.01. The molecule has 0 saturated heterocycles. The average Bonchev–Trinajstić information content (AvgIpc) is 2.70. The van der Waals surface area contributed by atoms with Crippen LogP contribution in [-0.4, -0.2) is 34.4 Å². The third-order valence-electron chi connectivity index (χ3n) is 4.15. The molecule has 1 N–H and O–H groups in total. The van der Waals surface area contributed by atoms with E-state index in [1.54, 1.807) is 30.1 Å². The van der Waals surface area contributed by atoms with E-state index >= 15 is 0 Å². The maximum Gasteiger partial charge on any atom is 0.272 e. The number of carbonyl (C=O) groups is 1. The Labute approximate surface area is 157 Å². The maximum atomic E-state index is 13.6. The minimum absolute atomic E-state index is 0.182. The van der Waals surface area contributed by atoms with E-state index in [2.05, 4.69) is 15.3 Å². The molecule has 0 saturated carbocycles. The highest BCUT2D eigenvalue weighted by molar-refractivity contribution is 5.92. The highest BCUT2D eigenvalue weighted by atomic mass is 19.1. The van der Waals surface area contributed by atoms with Gasteiger partial charge in [-0.15, -0.1) is 0 Å². The van der Waals surface area contributed by atoms with E-state index in [0.29, 0.717) is 36.6 Å². The predicted molar refractivity (Wildman–Crippen MR) is 103 cm³/mol.